The fourth-order valence-electron chi connectivity index (χ4n) is 3.30. The highest BCUT2D eigenvalue weighted by Crippen LogP contribution is 2.35. The van der Waals surface area contributed by atoms with Crippen LogP contribution in [0, 0.1) is 0 Å². The maximum atomic E-state index is 11.8. The van der Waals surface area contributed by atoms with E-state index in [1.807, 2.05) is 48.5 Å². The smallest absolute Gasteiger partial charge is 0.175 e. The van der Waals surface area contributed by atoms with E-state index >= 15 is 0 Å². The normalized spacial score (nSPS) is 11.2. The van der Waals surface area contributed by atoms with Gasteiger partial charge in [-0.2, -0.15) is 0 Å². The van der Waals surface area contributed by atoms with Crippen LogP contribution in [-0.2, 0) is 9.84 Å². The largest absolute Gasteiger partial charge is 0.396 e. The van der Waals surface area contributed by atoms with Crippen LogP contribution in [0.1, 0.15) is 29.5 Å². The quantitative estimate of drug-likeness (QED) is 0.587. The minimum atomic E-state index is -3.24. The van der Waals surface area contributed by atoms with Gasteiger partial charge < -0.3 is 5.11 Å². The molecule has 0 spiro atoms. The first kappa shape index (κ1) is 20.1. The van der Waals surface area contributed by atoms with Crippen LogP contribution >= 0.6 is 0 Å². The fraction of sp³-hybridized carbons (Fsp3) is 0.167. The number of aliphatic hydroxyl groups is 1. The standard InChI is InChI=1S/C24H24O3S/c1-28(26,27)22-16-14-19(15-17-22)23(13-8-18-25)24(20-9-4-2-5-10-20)21-11-6-3-7-12-21/h2-7,9-12,14-17,25H,8,13,18H2,1H3. The lowest BCUT2D eigenvalue weighted by atomic mass is 9.87. The minimum Gasteiger partial charge on any atom is -0.396 e. The highest BCUT2D eigenvalue weighted by atomic mass is 32.2. The lowest BCUT2D eigenvalue weighted by Crippen LogP contribution is -1.99. The molecule has 0 amide bonds. The molecule has 0 aromatic heterocycles. The van der Waals surface area contributed by atoms with Crippen LogP contribution in [0.25, 0.3) is 11.1 Å². The topological polar surface area (TPSA) is 54.4 Å². The number of aliphatic hydroxyl groups excluding tert-OH is 1. The van der Waals surface area contributed by atoms with Gasteiger partial charge in [0.2, 0.25) is 0 Å². The minimum absolute atomic E-state index is 0.0990. The van der Waals surface area contributed by atoms with Crippen molar-refractivity contribution in [3.8, 4) is 0 Å². The second-order valence-corrected chi connectivity index (χ2v) is 8.73. The second kappa shape index (κ2) is 9.00. The molecule has 0 saturated carbocycles. The first-order valence-corrected chi connectivity index (χ1v) is 11.1. The molecule has 0 aliphatic rings. The van der Waals surface area contributed by atoms with Crippen LogP contribution in [0.3, 0.4) is 0 Å². The van der Waals surface area contributed by atoms with E-state index in [9.17, 15) is 13.5 Å². The van der Waals surface area contributed by atoms with Crippen molar-refractivity contribution < 1.29 is 13.5 Å². The van der Waals surface area contributed by atoms with Gasteiger partial charge in [-0.1, -0.05) is 72.8 Å². The molecule has 3 nitrogen and oxygen atoms in total. The summed E-state index contributed by atoms with van der Waals surface area (Å²) in [7, 11) is -3.24. The number of benzene rings is 3. The highest BCUT2D eigenvalue weighted by Gasteiger charge is 2.15. The maximum absolute atomic E-state index is 11.8. The predicted molar refractivity (Wildman–Crippen MR) is 115 cm³/mol. The van der Waals surface area contributed by atoms with Crippen molar-refractivity contribution in [3.63, 3.8) is 0 Å². The summed E-state index contributed by atoms with van der Waals surface area (Å²) in [5.41, 5.74) is 5.33. The lowest BCUT2D eigenvalue weighted by Gasteiger charge is -2.17. The molecular weight excluding hydrogens is 368 g/mol. The summed E-state index contributed by atoms with van der Waals surface area (Å²) in [5, 5.41) is 9.43. The third-order valence-corrected chi connectivity index (χ3v) is 5.77. The SMILES string of the molecule is CS(=O)(=O)c1ccc(C(CCCO)=C(c2ccccc2)c2ccccc2)cc1. The molecule has 0 atom stereocenters. The third-order valence-electron chi connectivity index (χ3n) is 4.64. The number of sulfone groups is 1. The zero-order valence-electron chi connectivity index (χ0n) is 15.9. The molecule has 0 aliphatic carbocycles. The van der Waals surface area contributed by atoms with Gasteiger partial charge in [-0.25, -0.2) is 8.42 Å². The molecule has 0 unspecified atom stereocenters. The highest BCUT2D eigenvalue weighted by molar-refractivity contribution is 7.90. The number of hydrogen-bond donors (Lipinski definition) is 1. The summed E-state index contributed by atoms with van der Waals surface area (Å²) in [6, 6.07) is 27.3. The van der Waals surface area contributed by atoms with E-state index in [-0.39, 0.29) is 6.61 Å². The van der Waals surface area contributed by atoms with Crippen LogP contribution < -0.4 is 0 Å². The summed E-state index contributed by atoms with van der Waals surface area (Å²) in [6.45, 7) is 0.0990. The van der Waals surface area contributed by atoms with Gasteiger partial charge in [-0.15, -0.1) is 0 Å². The van der Waals surface area contributed by atoms with E-state index in [0.717, 1.165) is 27.8 Å². The average molecular weight is 393 g/mol. The van der Waals surface area contributed by atoms with Gasteiger partial charge in [0.1, 0.15) is 0 Å². The Morgan fingerprint density at radius 1 is 0.750 bits per heavy atom. The fourth-order valence-corrected chi connectivity index (χ4v) is 3.93. The number of hydrogen-bond acceptors (Lipinski definition) is 3. The monoisotopic (exact) mass is 392 g/mol. The second-order valence-electron chi connectivity index (χ2n) is 6.71. The van der Waals surface area contributed by atoms with Crippen LogP contribution in [0.5, 0.6) is 0 Å². The van der Waals surface area contributed by atoms with Crippen LogP contribution in [0.4, 0.5) is 0 Å². The Kier molecular flexibility index (Phi) is 6.45. The van der Waals surface area contributed by atoms with Gasteiger partial charge >= 0.3 is 0 Å². The summed E-state index contributed by atoms with van der Waals surface area (Å²) in [5.74, 6) is 0. The molecular formula is C24H24O3S. The van der Waals surface area contributed by atoms with E-state index in [4.69, 9.17) is 0 Å². The Balaban J connectivity index is 2.23. The summed E-state index contributed by atoms with van der Waals surface area (Å²) in [6.07, 6.45) is 2.53. The molecule has 144 valence electrons. The summed E-state index contributed by atoms with van der Waals surface area (Å²) >= 11 is 0. The van der Waals surface area contributed by atoms with E-state index in [2.05, 4.69) is 24.3 Å². The van der Waals surface area contributed by atoms with Gasteiger partial charge in [-0.05, 0) is 52.8 Å². The maximum Gasteiger partial charge on any atom is 0.175 e. The van der Waals surface area contributed by atoms with Crippen molar-refractivity contribution in [1.29, 1.82) is 0 Å². The molecule has 0 heterocycles. The number of rotatable bonds is 7. The Morgan fingerprint density at radius 3 is 1.68 bits per heavy atom. The van der Waals surface area contributed by atoms with Crippen molar-refractivity contribution >= 4 is 21.0 Å². The molecule has 3 aromatic rings. The van der Waals surface area contributed by atoms with Crippen molar-refractivity contribution in [2.75, 3.05) is 12.9 Å². The first-order chi connectivity index (χ1) is 13.5. The first-order valence-electron chi connectivity index (χ1n) is 9.26. The molecule has 3 rings (SSSR count). The number of allylic oxidation sites excluding steroid dienone is 1. The predicted octanol–water partition coefficient (Wildman–Crippen LogP) is 4.82. The summed E-state index contributed by atoms with van der Waals surface area (Å²) < 4.78 is 23.6. The Bertz CT molecular complexity index is 995. The van der Waals surface area contributed by atoms with Gasteiger partial charge in [0.25, 0.3) is 0 Å². The van der Waals surface area contributed by atoms with Crippen molar-refractivity contribution in [2.45, 2.75) is 17.7 Å². The molecule has 0 bridgehead atoms. The van der Waals surface area contributed by atoms with Crippen LogP contribution in [-0.4, -0.2) is 26.4 Å². The molecule has 0 radical (unpaired) electrons. The van der Waals surface area contributed by atoms with Crippen LogP contribution in [0.15, 0.2) is 89.8 Å². The van der Waals surface area contributed by atoms with E-state index in [0.29, 0.717) is 17.7 Å². The zero-order valence-corrected chi connectivity index (χ0v) is 16.7. The lowest BCUT2D eigenvalue weighted by molar-refractivity contribution is 0.290. The molecule has 28 heavy (non-hydrogen) atoms. The van der Waals surface area contributed by atoms with Gasteiger partial charge in [0, 0.05) is 12.9 Å². The van der Waals surface area contributed by atoms with Gasteiger partial charge in [-0.3, -0.25) is 0 Å². The zero-order chi connectivity index (χ0) is 20.0. The third kappa shape index (κ3) is 4.77. The molecule has 3 aromatic carbocycles. The molecule has 1 N–H and O–H groups in total. The molecule has 4 heteroatoms. The average Bonchev–Trinajstić information content (AvgIpc) is 2.72. The van der Waals surface area contributed by atoms with Crippen LogP contribution in [0.2, 0.25) is 0 Å². The van der Waals surface area contributed by atoms with E-state index in [1.165, 1.54) is 6.26 Å². The molecule has 0 fully saturated rings. The van der Waals surface area contributed by atoms with E-state index < -0.39 is 9.84 Å². The Hall–Kier alpha value is -2.69. The van der Waals surface area contributed by atoms with Crippen molar-refractivity contribution in [2.24, 2.45) is 0 Å². The molecule has 0 aliphatic heterocycles. The van der Waals surface area contributed by atoms with Crippen molar-refractivity contribution in [1.82, 2.24) is 0 Å². The van der Waals surface area contributed by atoms with Gasteiger partial charge in [0.15, 0.2) is 9.84 Å². The van der Waals surface area contributed by atoms with Crippen molar-refractivity contribution in [3.05, 3.63) is 102 Å². The van der Waals surface area contributed by atoms with E-state index in [1.54, 1.807) is 12.1 Å². The van der Waals surface area contributed by atoms with Gasteiger partial charge in [0.05, 0.1) is 4.90 Å². The summed E-state index contributed by atoms with van der Waals surface area (Å²) in [4.78, 5) is 0.304. The Labute approximate surface area is 166 Å². The molecule has 0 saturated heterocycles. The Morgan fingerprint density at radius 2 is 1.25 bits per heavy atom.